The van der Waals surface area contributed by atoms with Crippen LogP contribution in [0.15, 0.2) is 0 Å². The van der Waals surface area contributed by atoms with Crippen LogP contribution in [0, 0.1) is 0 Å². The molecular formula is C8H20ClNO4S4. The van der Waals surface area contributed by atoms with Gasteiger partial charge in [0.2, 0.25) is 0 Å². The summed E-state index contributed by atoms with van der Waals surface area (Å²) >= 11 is 0. The molecule has 0 spiro atoms. The van der Waals surface area contributed by atoms with Crippen molar-refractivity contribution in [3.63, 3.8) is 0 Å². The molecule has 0 aliphatic carbocycles. The number of quaternary nitrogens is 1. The maximum absolute atomic E-state index is 10.9. The zero-order valence-corrected chi connectivity index (χ0v) is 14.9. The van der Waals surface area contributed by atoms with E-state index in [1.165, 1.54) is 12.5 Å². The van der Waals surface area contributed by atoms with Crippen LogP contribution in [0.1, 0.15) is 0 Å². The minimum absolute atomic E-state index is 0. The summed E-state index contributed by atoms with van der Waals surface area (Å²) in [5.74, 6) is 1.05. The lowest BCUT2D eigenvalue weighted by atomic mass is 10.5. The highest BCUT2D eigenvalue weighted by atomic mass is 35.5. The van der Waals surface area contributed by atoms with Gasteiger partial charge in [-0.15, -0.1) is 0 Å². The molecule has 0 fully saturated rings. The predicted molar refractivity (Wildman–Crippen MR) is 76.4 cm³/mol. The lowest BCUT2D eigenvalue weighted by molar-refractivity contribution is -0.885. The van der Waals surface area contributed by atoms with Gasteiger partial charge in [-0.25, -0.2) is 16.8 Å². The van der Waals surface area contributed by atoms with Gasteiger partial charge < -0.3 is 16.9 Å². The smallest absolute Gasteiger partial charge is 0.198 e. The highest BCUT2D eigenvalue weighted by Crippen LogP contribution is 2.14. The molecule has 5 nitrogen and oxygen atoms in total. The van der Waals surface area contributed by atoms with Gasteiger partial charge in [-0.3, -0.25) is 0 Å². The van der Waals surface area contributed by atoms with Crippen molar-refractivity contribution in [1.82, 2.24) is 0 Å². The van der Waals surface area contributed by atoms with Crippen molar-refractivity contribution in [2.75, 3.05) is 51.2 Å². The van der Waals surface area contributed by atoms with E-state index in [1.807, 2.05) is 14.1 Å². The van der Waals surface area contributed by atoms with Gasteiger partial charge in [0.1, 0.15) is 0 Å². The predicted octanol–water partition coefficient (Wildman–Crippen LogP) is -2.55. The van der Waals surface area contributed by atoms with Crippen LogP contribution in [0.5, 0.6) is 0 Å². The third kappa shape index (κ3) is 14.9. The van der Waals surface area contributed by atoms with E-state index in [1.54, 1.807) is 0 Å². The first kappa shape index (κ1) is 21.2. The summed E-state index contributed by atoms with van der Waals surface area (Å²) in [7, 11) is -0.180. The Morgan fingerprint density at radius 2 is 1.11 bits per heavy atom. The van der Waals surface area contributed by atoms with E-state index in [-0.39, 0.29) is 12.4 Å². The summed E-state index contributed by atoms with van der Waals surface area (Å²) in [6, 6.07) is 0. The van der Waals surface area contributed by atoms with E-state index in [2.05, 4.69) is 0 Å². The molecule has 10 heteroatoms. The fourth-order valence-electron chi connectivity index (χ4n) is 0.983. The van der Waals surface area contributed by atoms with Crippen molar-refractivity contribution in [3.8, 4) is 0 Å². The van der Waals surface area contributed by atoms with E-state index in [9.17, 15) is 16.8 Å². The lowest BCUT2D eigenvalue weighted by Crippen LogP contribution is -3.00. The first-order valence-corrected chi connectivity index (χ1v) is 11.7. The van der Waals surface area contributed by atoms with Crippen LogP contribution in [0.3, 0.4) is 0 Å². The minimum atomic E-state index is -2.98. The maximum Gasteiger partial charge on any atom is 0.198 e. The normalized spacial score (nSPS) is 13.1. The van der Waals surface area contributed by atoms with Gasteiger partial charge in [0.15, 0.2) is 17.7 Å². The Balaban J connectivity index is 0. The lowest BCUT2D eigenvalue weighted by Gasteiger charge is -2.29. The average Bonchev–Trinajstić information content (AvgIpc) is 1.96. The molecule has 18 heavy (non-hydrogen) atoms. The zero-order chi connectivity index (χ0) is 13.7. The van der Waals surface area contributed by atoms with Crippen LogP contribution in [-0.2, 0) is 17.7 Å². The second kappa shape index (κ2) is 8.21. The molecule has 0 aromatic heterocycles. The molecule has 0 aliphatic heterocycles. The Morgan fingerprint density at radius 1 is 0.833 bits per heavy atom. The topological polar surface area (TPSA) is 68.3 Å². The van der Waals surface area contributed by atoms with Gasteiger partial charge in [0.25, 0.3) is 0 Å². The molecule has 0 saturated heterocycles. The third-order valence-electron chi connectivity index (χ3n) is 1.99. The monoisotopic (exact) mass is 357 g/mol. The Morgan fingerprint density at radius 3 is 1.33 bits per heavy atom. The Kier molecular flexibility index (Phi) is 9.64. The number of hydrogen-bond donors (Lipinski definition) is 0. The fraction of sp³-hybridized carbons (Fsp3) is 1.00. The summed E-state index contributed by atoms with van der Waals surface area (Å²) in [5, 5.41) is 0. The minimum Gasteiger partial charge on any atom is -1.00 e. The standard InChI is InChI=1S/C8H20NO4S4.ClH/c1-9(2,5-7-14-16(3,10)11)6-8-15-17(4,12)13;/h5-8H2,1-4H3;1H/q+1;/p-1. The van der Waals surface area contributed by atoms with Crippen LogP contribution >= 0.6 is 21.6 Å². The number of hydrogen-bond acceptors (Lipinski definition) is 6. The molecule has 0 rings (SSSR count). The summed E-state index contributed by atoms with van der Waals surface area (Å²) in [6.07, 6.45) is 2.38. The van der Waals surface area contributed by atoms with Crippen molar-refractivity contribution >= 4 is 39.3 Å². The Labute approximate surface area is 124 Å². The quantitative estimate of drug-likeness (QED) is 0.352. The van der Waals surface area contributed by atoms with Crippen molar-refractivity contribution in [1.29, 1.82) is 0 Å². The highest BCUT2D eigenvalue weighted by Gasteiger charge is 2.17. The van der Waals surface area contributed by atoms with Gasteiger partial charge in [-0.1, -0.05) is 0 Å². The van der Waals surface area contributed by atoms with E-state index in [0.29, 0.717) is 29.1 Å². The van der Waals surface area contributed by atoms with E-state index in [4.69, 9.17) is 0 Å². The van der Waals surface area contributed by atoms with Gasteiger partial charge in [0.05, 0.1) is 38.7 Å². The first-order chi connectivity index (χ1) is 7.41. The molecule has 0 amide bonds. The van der Waals surface area contributed by atoms with Crippen molar-refractivity contribution in [2.24, 2.45) is 0 Å². The number of rotatable bonds is 8. The molecule has 0 unspecified atom stereocenters. The van der Waals surface area contributed by atoms with Gasteiger partial charge in [-0.2, -0.15) is 0 Å². The third-order valence-corrected chi connectivity index (χ3v) is 7.11. The van der Waals surface area contributed by atoms with Crippen LogP contribution in [0.2, 0.25) is 0 Å². The van der Waals surface area contributed by atoms with E-state index in [0.717, 1.165) is 21.6 Å². The molecule has 0 aromatic rings. The molecular weight excluding hydrogens is 338 g/mol. The summed E-state index contributed by atoms with van der Waals surface area (Å²) < 4.78 is 44.4. The number of halogens is 1. The molecule has 0 aromatic carbocycles. The van der Waals surface area contributed by atoms with Crippen LogP contribution in [0.25, 0.3) is 0 Å². The van der Waals surface area contributed by atoms with E-state index < -0.39 is 17.7 Å². The summed E-state index contributed by atoms with van der Waals surface area (Å²) in [6.45, 7) is 1.39. The summed E-state index contributed by atoms with van der Waals surface area (Å²) in [4.78, 5) is 0. The van der Waals surface area contributed by atoms with Crippen molar-refractivity contribution < 1.29 is 33.7 Å². The van der Waals surface area contributed by atoms with Crippen LogP contribution < -0.4 is 12.4 Å². The van der Waals surface area contributed by atoms with Crippen molar-refractivity contribution in [3.05, 3.63) is 0 Å². The second-order valence-electron chi connectivity index (χ2n) is 4.44. The van der Waals surface area contributed by atoms with Crippen LogP contribution in [0.4, 0.5) is 0 Å². The Bertz CT molecular complexity index is 392. The van der Waals surface area contributed by atoms with Gasteiger partial charge in [-0.05, 0) is 21.6 Å². The van der Waals surface area contributed by atoms with E-state index >= 15 is 0 Å². The molecule has 0 radical (unpaired) electrons. The molecule has 0 N–H and O–H groups in total. The molecule has 0 atom stereocenters. The Hall–Kier alpha value is 0.850. The largest absolute Gasteiger partial charge is 1.00 e. The average molecular weight is 358 g/mol. The first-order valence-electron chi connectivity index (χ1n) is 4.92. The van der Waals surface area contributed by atoms with Gasteiger partial charge in [0, 0.05) is 12.5 Å². The van der Waals surface area contributed by atoms with Crippen LogP contribution in [-0.4, -0.2) is 72.5 Å². The summed E-state index contributed by atoms with van der Waals surface area (Å²) in [5.41, 5.74) is 0. The molecule has 112 valence electrons. The molecule has 0 heterocycles. The highest BCUT2D eigenvalue weighted by molar-refractivity contribution is 8.72. The fourth-order valence-corrected chi connectivity index (χ4v) is 4.99. The maximum atomic E-state index is 10.9. The van der Waals surface area contributed by atoms with Gasteiger partial charge >= 0.3 is 0 Å². The SMILES string of the molecule is C[N+](C)(CCSS(C)(=O)=O)CCSS(C)(=O)=O.[Cl-]. The molecule has 0 saturated carbocycles. The molecule has 0 bridgehead atoms. The second-order valence-corrected chi connectivity index (χ2v) is 13.6. The van der Waals surface area contributed by atoms with Crippen molar-refractivity contribution in [2.45, 2.75) is 0 Å². The number of nitrogens with zero attached hydrogens (tertiary/aromatic N) is 1. The zero-order valence-electron chi connectivity index (χ0n) is 10.9. The molecule has 0 aliphatic rings.